The van der Waals surface area contributed by atoms with Gasteiger partial charge in [-0.05, 0) is 84.3 Å². The summed E-state index contributed by atoms with van der Waals surface area (Å²) in [5, 5.41) is 0. The van der Waals surface area contributed by atoms with Crippen molar-refractivity contribution in [1.82, 2.24) is 0 Å². The van der Waals surface area contributed by atoms with Gasteiger partial charge >= 0.3 is 0 Å². The first-order valence-electron chi connectivity index (χ1n) is 15.9. The Morgan fingerprint density at radius 3 is 2.03 bits per heavy atom. The van der Waals surface area contributed by atoms with Crippen LogP contribution >= 0.6 is 0 Å². The van der Waals surface area contributed by atoms with Crippen molar-refractivity contribution in [2.75, 3.05) is 6.61 Å². The van der Waals surface area contributed by atoms with Gasteiger partial charge in [-0.15, -0.1) is 0 Å². The first-order chi connectivity index (χ1) is 19.1. The first kappa shape index (κ1) is 29.8. The van der Waals surface area contributed by atoms with Crippen molar-refractivity contribution in [3.8, 4) is 16.9 Å². The number of halogens is 2. The minimum atomic E-state index is -0.915. The lowest BCUT2D eigenvalue weighted by atomic mass is 9.70. The lowest BCUT2D eigenvalue weighted by Gasteiger charge is -2.36. The number of benzene rings is 2. The Balaban J connectivity index is 1.26. The molecule has 2 aromatic carbocycles. The molecular weight excluding hydrogens is 486 g/mol. The molecule has 3 heteroatoms. The quantitative estimate of drug-likeness (QED) is 0.218. The van der Waals surface area contributed by atoms with E-state index in [1.54, 1.807) is 0 Å². The zero-order valence-corrected chi connectivity index (χ0v) is 24.4. The maximum absolute atomic E-state index is 15.4. The molecule has 2 aromatic rings. The Kier molecular flexibility index (Phi) is 11.9. The highest BCUT2D eigenvalue weighted by atomic mass is 19.1. The van der Waals surface area contributed by atoms with Crippen LogP contribution in [0.15, 0.2) is 54.4 Å². The number of unbranched alkanes of at least 4 members (excludes halogenated alkanes) is 4. The Hall–Kier alpha value is -2.16. The summed E-state index contributed by atoms with van der Waals surface area (Å²) in [5.41, 5.74) is 4.11. The van der Waals surface area contributed by atoms with E-state index < -0.39 is 6.17 Å². The van der Waals surface area contributed by atoms with Crippen molar-refractivity contribution in [3.05, 3.63) is 59.9 Å². The highest BCUT2D eigenvalue weighted by Gasteiger charge is 2.31. The molecule has 0 bridgehead atoms. The molecule has 2 aliphatic carbocycles. The molecule has 0 saturated heterocycles. The van der Waals surface area contributed by atoms with Crippen LogP contribution in [0.25, 0.3) is 16.7 Å². The molecule has 2 aliphatic rings. The van der Waals surface area contributed by atoms with Crippen molar-refractivity contribution in [3.63, 3.8) is 0 Å². The minimum Gasteiger partial charge on any atom is -0.491 e. The fourth-order valence-corrected chi connectivity index (χ4v) is 6.74. The standard InChI is InChI=1S/C36H50F2O/c1-3-5-7-8-9-27-11-13-30(14-12-27)32-21-24-35(36(38)25-32)31-17-15-28(16-18-31)29-19-22-34(23-20-29)39-26-33(37)10-6-4-2/h15-20,22-23,27,30,32-33H,3-14,21,24-26H2,1-2H3. The van der Waals surface area contributed by atoms with E-state index in [4.69, 9.17) is 4.74 Å². The van der Waals surface area contributed by atoms with Crippen LogP contribution in [0.2, 0.25) is 0 Å². The molecule has 2 atom stereocenters. The molecule has 39 heavy (non-hydrogen) atoms. The number of hydrogen-bond acceptors (Lipinski definition) is 1. The van der Waals surface area contributed by atoms with E-state index in [9.17, 15) is 4.39 Å². The maximum atomic E-state index is 15.4. The number of rotatable bonds is 14. The average Bonchev–Trinajstić information content (AvgIpc) is 2.98. The normalized spacial score (nSPS) is 22.6. The zero-order chi connectivity index (χ0) is 27.5. The summed E-state index contributed by atoms with van der Waals surface area (Å²) >= 11 is 0. The van der Waals surface area contributed by atoms with Gasteiger partial charge in [-0.3, -0.25) is 0 Å². The van der Waals surface area contributed by atoms with Gasteiger partial charge in [0.15, 0.2) is 0 Å². The molecule has 0 radical (unpaired) electrons. The van der Waals surface area contributed by atoms with E-state index in [1.165, 1.54) is 57.8 Å². The lowest BCUT2D eigenvalue weighted by Crippen LogP contribution is -2.24. The predicted octanol–water partition coefficient (Wildman–Crippen LogP) is 11.5. The predicted molar refractivity (Wildman–Crippen MR) is 161 cm³/mol. The van der Waals surface area contributed by atoms with Crippen LogP contribution in [0.5, 0.6) is 5.75 Å². The average molecular weight is 537 g/mol. The fraction of sp³-hybridized carbons (Fsp3) is 0.611. The topological polar surface area (TPSA) is 9.23 Å². The van der Waals surface area contributed by atoms with Crippen molar-refractivity contribution < 1.29 is 13.5 Å². The van der Waals surface area contributed by atoms with Crippen molar-refractivity contribution in [2.24, 2.45) is 17.8 Å². The van der Waals surface area contributed by atoms with E-state index in [0.717, 1.165) is 53.9 Å². The second kappa shape index (κ2) is 15.6. The van der Waals surface area contributed by atoms with Gasteiger partial charge < -0.3 is 4.74 Å². The number of ether oxygens (including phenoxy) is 1. The van der Waals surface area contributed by atoms with E-state index in [1.807, 2.05) is 24.3 Å². The van der Waals surface area contributed by atoms with Crippen LogP contribution in [0.4, 0.5) is 8.78 Å². The Morgan fingerprint density at radius 1 is 0.744 bits per heavy atom. The fourth-order valence-electron chi connectivity index (χ4n) is 6.74. The molecule has 1 nitrogen and oxygen atoms in total. The molecule has 0 N–H and O–H groups in total. The summed E-state index contributed by atoms with van der Waals surface area (Å²) in [7, 11) is 0. The van der Waals surface area contributed by atoms with Crippen LogP contribution in [0.1, 0.15) is 116 Å². The van der Waals surface area contributed by atoms with E-state index in [2.05, 4.69) is 38.1 Å². The van der Waals surface area contributed by atoms with Gasteiger partial charge in [0.1, 0.15) is 24.4 Å². The number of alkyl halides is 1. The van der Waals surface area contributed by atoms with Gasteiger partial charge in [-0.25, -0.2) is 8.78 Å². The molecule has 0 amide bonds. The molecule has 1 fully saturated rings. The van der Waals surface area contributed by atoms with Gasteiger partial charge in [0.25, 0.3) is 0 Å². The van der Waals surface area contributed by atoms with Gasteiger partial charge in [0.2, 0.25) is 0 Å². The largest absolute Gasteiger partial charge is 0.491 e. The first-order valence-corrected chi connectivity index (χ1v) is 15.9. The summed E-state index contributed by atoms with van der Waals surface area (Å²) < 4.78 is 34.9. The number of allylic oxidation sites excluding steroid dienone is 2. The van der Waals surface area contributed by atoms with Crippen LogP contribution in [-0.4, -0.2) is 12.8 Å². The minimum absolute atomic E-state index is 0.107. The molecule has 0 aliphatic heterocycles. The Morgan fingerprint density at radius 2 is 1.38 bits per heavy atom. The highest BCUT2D eigenvalue weighted by molar-refractivity contribution is 5.72. The molecule has 0 heterocycles. The molecule has 0 spiro atoms. The molecule has 1 saturated carbocycles. The van der Waals surface area contributed by atoms with Crippen LogP contribution in [-0.2, 0) is 0 Å². The molecular formula is C36H50F2O. The third-order valence-electron chi connectivity index (χ3n) is 9.28. The highest BCUT2D eigenvalue weighted by Crippen LogP contribution is 2.45. The molecule has 4 rings (SSSR count). The smallest absolute Gasteiger partial charge is 0.134 e. The summed E-state index contributed by atoms with van der Waals surface area (Å²) in [6, 6.07) is 16.1. The van der Waals surface area contributed by atoms with Crippen LogP contribution in [0.3, 0.4) is 0 Å². The monoisotopic (exact) mass is 536 g/mol. The van der Waals surface area contributed by atoms with E-state index in [-0.39, 0.29) is 12.4 Å². The van der Waals surface area contributed by atoms with Gasteiger partial charge in [0, 0.05) is 6.42 Å². The lowest BCUT2D eigenvalue weighted by molar-refractivity contribution is 0.179. The Labute approximate surface area is 236 Å². The second-order valence-electron chi connectivity index (χ2n) is 12.2. The summed E-state index contributed by atoms with van der Waals surface area (Å²) in [4.78, 5) is 0. The third-order valence-corrected chi connectivity index (χ3v) is 9.28. The van der Waals surface area contributed by atoms with E-state index in [0.29, 0.717) is 30.4 Å². The van der Waals surface area contributed by atoms with Crippen molar-refractivity contribution in [1.29, 1.82) is 0 Å². The van der Waals surface area contributed by atoms with Crippen LogP contribution < -0.4 is 4.74 Å². The van der Waals surface area contributed by atoms with E-state index >= 15 is 4.39 Å². The van der Waals surface area contributed by atoms with Crippen LogP contribution in [0, 0.1) is 17.8 Å². The maximum Gasteiger partial charge on any atom is 0.134 e. The SMILES string of the molecule is CCCCCCC1CCC(C2CCC(c3ccc(-c4ccc(OCC(F)CCCC)cc4)cc3)=C(F)C2)CC1. The van der Waals surface area contributed by atoms with Gasteiger partial charge in [0.05, 0.1) is 0 Å². The van der Waals surface area contributed by atoms with Crippen molar-refractivity contribution in [2.45, 2.75) is 116 Å². The molecule has 2 unspecified atom stereocenters. The summed E-state index contributed by atoms with van der Waals surface area (Å²) in [6.07, 6.45) is 16.3. The summed E-state index contributed by atoms with van der Waals surface area (Å²) in [5.74, 6) is 2.96. The second-order valence-corrected chi connectivity index (χ2v) is 12.2. The number of hydrogen-bond donors (Lipinski definition) is 0. The Bertz CT molecular complexity index is 1000. The molecule has 214 valence electrons. The van der Waals surface area contributed by atoms with Gasteiger partial charge in [-0.1, -0.05) is 108 Å². The molecule has 0 aromatic heterocycles. The zero-order valence-electron chi connectivity index (χ0n) is 24.4. The van der Waals surface area contributed by atoms with Gasteiger partial charge in [-0.2, -0.15) is 0 Å². The third kappa shape index (κ3) is 8.92. The summed E-state index contributed by atoms with van der Waals surface area (Å²) in [6.45, 7) is 4.45. The van der Waals surface area contributed by atoms with Crippen molar-refractivity contribution >= 4 is 5.57 Å².